The van der Waals surface area contributed by atoms with Gasteiger partial charge in [-0.3, -0.25) is 9.59 Å². The van der Waals surface area contributed by atoms with Gasteiger partial charge in [-0.1, -0.05) is 57.2 Å². The first-order valence-corrected chi connectivity index (χ1v) is 12.9. The fourth-order valence-corrected chi connectivity index (χ4v) is 4.73. The highest BCUT2D eigenvalue weighted by molar-refractivity contribution is 7.99. The minimum Gasteiger partial charge on any atom is -0.298 e. The SMILES string of the molecule is CCCCCCCCSc1cc(C(=O)N(C)OS(C)(=O)=O)c2c(C=O)cccc2c1. The molecular weight excluding hydrogens is 422 g/mol. The summed E-state index contributed by atoms with van der Waals surface area (Å²) in [7, 11) is -2.61. The molecule has 0 saturated heterocycles. The normalized spacial score (nSPS) is 11.6. The number of fused-ring (bicyclic) bond motifs is 1. The summed E-state index contributed by atoms with van der Waals surface area (Å²) in [5.41, 5.74) is 0.614. The number of thioether (sulfide) groups is 1. The summed E-state index contributed by atoms with van der Waals surface area (Å²) in [6.07, 6.45) is 8.81. The maximum atomic E-state index is 12.9. The molecule has 164 valence electrons. The molecule has 1 amide bonds. The van der Waals surface area contributed by atoms with Gasteiger partial charge in [0.2, 0.25) is 0 Å². The first kappa shape index (κ1) is 24.4. The topological polar surface area (TPSA) is 80.8 Å². The number of hydrogen-bond donors (Lipinski definition) is 0. The highest BCUT2D eigenvalue weighted by Crippen LogP contribution is 2.31. The summed E-state index contributed by atoms with van der Waals surface area (Å²) in [5, 5.41) is 1.93. The predicted molar refractivity (Wildman–Crippen MR) is 121 cm³/mol. The van der Waals surface area contributed by atoms with E-state index in [-0.39, 0.29) is 5.56 Å². The molecule has 0 atom stereocenters. The Kier molecular flexibility index (Phi) is 9.33. The third kappa shape index (κ3) is 7.11. The van der Waals surface area contributed by atoms with Crippen LogP contribution in [-0.4, -0.2) is 44.7 Å². The van der Waals surface area contributed by atoms with Crippen LogP contribution in [0, 0.1) is 0 Å². The zero-order chi connectivity index (χ0) is 22.1. The van der Waals surface area contributed by atoms with Gasteiger partial charge >= 0.3 is 0 Å². The molecule has 0 unspecified atom stereocenters. The van der Waals surface area contributed by atoms with Crippen molar-refractivity contribution in [1.82, 2.24) is 5.06 Å². The molecule has 0 heterocycles. The average Bonchev–Trinajstić information content (AvgIpc) is 2.70. The number of unbranched alkanes of at least 4 members (excludes halogenated alkanes) is 5. The summed E-state index contributed by atoms with van der Waals surface area (Å²) in [5.74, 6) is 0.302. The number of amides is 1. The van der Waals surface area contributed by atoms with E-state index in [0.717, 1.165) is 28.7 Å². The Bertz CT molecular complexity index is 988. The molecule has 0 fully saturated rings. The quantitative estimate of drug-likeness (QED) is 0.194. The summed E-state index contributed by atoms with van der Waals surface area (Å²) in [6.45, 7) is 2.20. The summed E-state index contributed by atoms with van der Waals surface area (Å²) >= 11 is 1.65. The largest absolute Gasteiger partial charge is 0.298 e. The van der Waals surface area contributed by atoms with Gasteiger partial charge in [0.25, 0.3) is 16.0 Å². The number of carbonyl (C=O) groups is 2. The van der Waals surface area contributed by atoms with Crippen LogP contribution >= 0.6 is 11.8 Å². The van der Waals surface area contributed by atoms with Crippen LogP contribution in [-0.2, 0) is 14.4 Å². The van der Waals surface area contributed by atoms with E-state index in [4.69, 9.17) is 4.28 Å². The maximum absolute atomic E-state index is 12.9. The third-order valence-corrected chi connectivity index (χ3v) is 6.20. The van der Waals surface area contributed by atoms with Gasteiger partial charge in [0, 0.05) is 22.9 Å². The predicted octanol–water partition coefficient (Wildman–Crippen LogP) is 5.07. The lowest BCUT2D eigenvalue weighted by atomic mass is 9.99. The molecule has 30 heavy (non-hydrogen) atoms. The van der Waals surface area contributed by atoms with Crippen LogP contribution in [0.15, 0.2) is 35.2 Å². The lowest BCUT2D eigenvalue weighted by Crippen LogP contribution is -2.29. The van der Waals surface area contributed by atoms with Crippen molar-refractivity contribution in [3.05, 3.63) is 41.5 Å². The molecule has 0 saturated carbocycles. The van der Waals surface area contributed by atoms with Gasteiger partial charge in [-0.05, 0) is 29.7 Å². The van der Waals surface area contributed by atoms with Gasteiger partial charge in [0.1, 0.15) is 0 Å². The minimum atomic E-state index is -3.85. The number of benzene rings is 2. The fourth-order valence-electron chi connectivity index (χ4n) is 3.26. The monoisotopic (exact) mass is 451 g/mol. The Hall–Kier alpha value is -1.90. The van der Waals surface area contributed by atoms with Crippen LogP contribution in [0.25, 0.3) is 10.8 Å². The van der Waals surface area contributed by atoms with Crippen molar-refractivity contribution in [2.75, 3.05) is 19.1 Å². The second kappa shape index (κ2) is 11.5. The zero-order valence-corrected chi connectivity index (χ0v) is 19.4. The number of nitrogens with zero attached hydrogens (tertiary/aromatic N) is 1. The van der Waals surface area contributed by atoms with Gasteiger partial charge in [-0.2, -0.15) is 8.42 Å². The number of rotatable bonds is 12. The number of hydroxylamine groups is 2. The fraction of sp³-hybridized carbons (Fsp3) is 0.455. The molecule has 0 N–H and O–H groups in total. The highest BCUT2D eigenvalue weighted by Gasteiger charge is 2.21. The van der Waals surface area contributed by atoms with E-state index in [0.29, 0.717) is 22.3 Å². The van der Waals surface area contributed by atoms with Crippen molar-refractivity contribution in [2.45, 2.75) is 50.3 Å². The van der Waals surface area contributed by atoms with Crippen LogP contribution in [0.4, 0.5) is 0 Å². The Balaban J connectivity index is 2.27. The van der Waals surface area contributed by atoms with Gasteiger partial charge in [0.05, 0.1) is 11.8 Å². The average molecular weight is 452 g/mol. The van der Waals surface area contributed by atoms with Crippen molar-refractivity contribution >= 4 is 44.8 Å². The molecular formula is C22H29NO5S2. The van der Waals surface area contributed by atoms with Crippen molar-refractivity contribution < 1.29 is 22.3 Å². The van der Waals surface area contributed by atoms with Crippen LogP contribution in [0.5, 0.6) is 0 Å². The zero-order valence-electron chi connectivity index (χ0n) is 17.7. The van der Waals surface area contributed by atoms with Crippen molar-refractivity contribution in [3.63, 3.8) is 0 Å². The van der Waals surface area contributed by atoms with Gasteiger partial charge in [-0.15, -0.1) is 16.0 Å². The van der Waals surface area contributed by atoms with E-state index in [1.807, 2.05) is 12.1 Å². The van der Waals surface area contributed by atoms with E-state index in [1.165, 1.54) is 39.2 Å². The standard InChI is InChI=1S/C22H29NO5S2/c1-4-5-6-7-8-9-13-29-19-14-17-11-10-12-18(16-24)21(17)20(15-19)22(25)23(2)28-30(3,26)27/h10-12,14-16H,4-9,13H2,1-3H3. The van der Waals surface area contributed by atoms with Crippen LogP contribution < -0.4 is 0 Å². The second-order valence-corrected chi connectivity index (χ2v) is 9.96. The molecule has 0 aliphatic rings. The molecule has 2 aromatic carbocycles. The molecule has 2 rings (SSSR count). The van der Waals surface area contributed by atoms with Gasteiger partial charge < -0.3 is 0 Å². The Morgan fingerprint density at radius 2 is 1.83 bits per heavy atom. The third-order valence-electron chi connectivity index (χ3n) is 4.64. The number of aldehydes is 1. The summed E-state index contributed by atoms with van der Waals surface area (Å²) in [4.78, 5) is 25.4. The maximum Gasteiger partial charge on any atom is 0.285 e. The number of hydrogen-bond acceptors (Lipinski definition) is 6. The highest BCUT2D eigenvalue weighted by atomic mass is 32.2. The van der Waals surface area contributed by atoms with Crippen molar-refractivity contribution in [3.8, 4) is 0 Å². The number of carbonyl (C=O) groups excluding carboxylic acids is 2. The smallest absolute Gasteiger partial charge is 0.285 e. The molecule has 0 aliphatic heterocycles. The minimum absolute atomic E-state index is 0.242. The Morgan fingerprint density at radius 1 is 1.13 bits per heavy atom. The molecule has 0 bridgehead atoms. The van der Waals surface area contributed by atoms with E-state index in [2.05, 4.69) is 6.92 Å². The van der Waals surface area contributed by atoms with E-state index < -0.39 is 16.0 Å². The molecule has 8 heteroatoms. The lowest BCUT2D eigenvalue weighted by Gasteiger charge is -2.17. The summed E-state index contributed by atoms with van der Waals surface area (Å²) in [6, 6.07) is 8.90. The Labute approximate surface area is 183 Å². The van der Waals surface area contributed by atoms with E-state index >= 15 is 0 Å². The Morgan fingerprint density at radius 3 is 2.50 bits per heavy atom. The lowest BCUT2D eigenvalue weighted by molar-refractivity contribution is -0.00792. The van der Waals surface area contributed by atoms with Crippen molar-refractivity contribution in [1.29, 1.82) is 0 Å². The first-order valence-electron chi connectivity index (χ1n) is 10.1. The van der Waals surface area contributed by atoms with Gasteiger partial charge in [-0.25, -0.2) is 5.06 Å². The molecule has 0 aliphatic carbocycles. The summed E-state index contributed by atoms with van der Waals surface area (Å²) < 4.78 is 27.6. The molecule has 0 spiro atoms. The van der Waals surface area contributed by atoms with E-state index in [1.54, 1.807) is 30.0 Å². The van der Waals surface area contributed by atoms with Gasteiger partial charge in [0.15, 0.2) is 6.29 Å². The molecule has 2 aromatic rings. The first-order chi connectivity index (χ1) is 14.3. The molecule has 6 nitrogen and oxygen atoms in total. The van der Waals surface area contributed by atoms with Crippen LogP contribution in [0.3, 0.4) is 0 Å². The van der Waals surface area contributed by atoms with Crippen LogP contribution in [0.1, 0.15) is 66.2 Å². The van der Waals surface area contributed by atoms with Crippen LogP contribution in [0.2, 0.25) is 0 Å². The van der Waals surface area contributed by atoms with Crippen molar-refractivity contribution in [2.24, 2.45) is 0 Å². The van der Waals surface area contributed by atoms with E-state index in [9.17, 15) is 18.0 Å². The second-order valence-electron chi connectivity index (χ2n) is 7.23. The molecule has 0 radical (unpaired) electrons. The molecule has 0 aromatic heterocycles.